The highest BCUT2D eigenvalue weighted by atomic mass is 32.2. The quantitative estimate of drug-likeness (QED) is 0.852. The molecule has 2 rings (SSSR count). The Morgan fingerprint density at radius 2 is 1.71 bits per heavy atom. The first-order chi connectivity index (χ1) is 10.9. The lowest BCUT2D eigenvalue weighted by molar-refractivity contribution is 0.465. The fourth-order valence-electron chi connectivity index (χ4n) is 2.84. The van der Waals surface area contributed by atoms with Crippen LogP contribution in [0.2, 0.25) is 0 Å². The number of nitrogens with zero attached hydrogens (tertiary/aromatic N) is 3. The summed E-state index contributed by atoms with van der Waals surface area (Å²) >= 11 is 0. The van der Waals surface area contributed by atoms with E-state index in [1.807, 2.05) is 39.2 Å². The molecule has 1 aromatic carbocycles. The average Bonchev–Trinajstić information content (AvgIpc) is 2.81. The van der Waals surface area contributed by atoms with Crippen molar-refractivity contribution in [2.45, 2.75) is 51.5 Å². The summed E-state index contributed by atoms with van der Waals surface area (Å²) in [5.41, 5.74) is 3.58. The Kier molecular flexibility index (Phi) is 4.93. The predicted octanol–water partition coefficient (Wildman–Crippen LogP) is 3.16. The molecular weight excluding hydrogens is 322 g/mol. The van der Waals surface area contributed by atoms with Gasteiger partial charge in [-0.1, -0.05) is 32.9 Å². The molecule has 2 aromatic rings. The van der Waals surface area contributed by atoms with Gasteiger partial charge in [-0.15, -0.1) is 0 Å². The van der Waals surface area contributed by atoms with Gasteiger partial charge in [0.05, 0.1) is 11.1 Å². The fraction of sp³-hybridized carbons (Fsp3) is 0.500. The van der Waals surface area contributed by atoms with Gasteiger partial charge in [0.25, 0.3) is 0 Å². The minimum Gasteiger partial charge on any atom is -0.275 e. The van der Waals surface area contributed by atoms with Crippen LogP contribution in [0.4, 0.5) is 0 Å². The molecule has 0 radical (unpaired) electrons. The summed E-state index contributed by atoms with van der Waals surface area (Å²) < 4.78 is 29.1. The van der Waals surface area contributed by atoms with Gasteiger partial charge in [0.1, 0.15) is 0 Å². The van der Waals surface area contributed by atoms with Crippen LogP contribution in [0, 0.1) is 13.8 Å². The maximum absolute atomic E-state index is 13.0. The third kappa shape index (κ3) is 3.70. The minimum absolute atomic E-state index is 0.0145. The van der Waals surface area contributed by atoms with Crippen LogP contribution in [-0.2, 0) is 29.0 Å². The van der Waals surface area contributed by atoms with E-state index in [1.165, 1.54) is 4.31 Å². The molecule has 0 bridgehead atoms. The lowest BCUT2D eigenvalue weighted by atomic mass is 9.85. The molecule has 1 aromatic heterocycles. The summed E-state index contributed by atoms with van der Waals surface area (Å²) in [4.78, 5) is 0.405. The molecule has 0 atom stereocenters. The van der Waals surface area contributed by atoms with E-state index in [4.69, 9.17) is 0 Å². The van der Waals surface area contributed by atoms with Gasteiger partial charge in [0.15, 0.2) is 0 Å². The molecule has 0 unspecified atom stereocenters. The monoisotopic (exact) mass is 349 g/mol. The standard InChI is InChI=1S/C18H27N3O2S/c1-13-8-16(18(3,4)5)9-14(2)17(13)24(22,23)21(7)12-15-10-19-20(6)11-15/h8-11H,12H2,1-7H3. The summed E-state index contributed by atoms with van der Waals surface area (Å²) in [6.45, 7) is 10.4. The molecule has 0 aliphatic carbocycles. The smallest absolute Gasteiger partial charge is 0.243 e. The van der Waals surface area contributed by atoms with Gasteiger partial charge in [0, 0.05) is 32.4 Å². The molecule has 132 valence electrons. The van der Waals surface area contributed by atoms with E-state index in [2.05, 4.69) is 25.9 Å². The maximum Gasteiger partial charge on any atom is 0.243 e. The van der Waals surface area contributed by atoms with Crippen LogP contribution in [-0.4, -0.2) is 29.6 Å². The lowest BCUT2D eigenvalue weighted by Crippen LogP contribution is -2.28. The van der Waals surface area contributed by atoms with Crippen LogP contribution in [0.25, 0.3) is 0 Å². The Hall–Kier alpha value is -1.66. The van der Waals surface area contributed by atoms with Crippen LogP contribution in [0.5, 0.6) is 0 Å². The van der Waals surface area contributed by atoms with Crippen molar-refractivity contribution in [1.82, 2.24) is 14.1 Å². The summed E-state index contributed by atoms with van der Waals surface area (Å²) in [5.74, 6) is 0. The van der Waals surface area contributed by atoms with Gasteiger partial charge in [0.2, 0.25) is 10.0 Å². The van der Waals surface area contributed by atoms with Crippen molar-refractivity contribution >= 4 is 10.0 Å². The van der Waals surface area contributed by atoms with E-state index >= 15 is 0 Å². The number of benzene rings is 1. The summed E-state index contributed by atoms with van der Waals surface area (Å²) in [6.07, 6.45) is 3.52. The van der Waals surface area contributed by atoms with E-state index in [0.29, 0.717) is 11.4 Å². The number of sulfonamides is 1. The molecule has 5 nitrogen and oxygen atoms in total. The Balaban J connectivity index is 2.42. The first-order valence-corrected chi connectivity index (χ1v) is 9.42. The molecule has 0 saturated heterocycles. The maximum atomic E-state index is 13.0. The van der Waals surface area contributed by atoms with Gasteiger partial charge in [-0.05, 0) is 36.0 Å². The number of hydrogen-bond acceptors (Lipinski definition) is 3. The molecule has 0 amide bonds. The molecule has 0 aliphatic rings. The Morgan fingerprint density at radius 1 is 1.17 bits per heavy atom. The topological polar surface area (TPSA) is 55.2 Å². The predicted molar refractivity (Wildman–Crippen MR) is 96.5 cm³/mol. The largest absolute Gasteiger partial charge is 0.275 e. The SMILES string of the molecule is Cc1cc(C(C)(C)C)cc(C)c1S(=O)(=O)N(C)Cc1cnn(C)c1. The van der Waals surface area contributed by atoms with Crippen LogP contribution < -0.4 is 0 Å². The third-order valence-electron chi connectivity index (χ3n) is 4.16. The van der Waals surface area contributed by atoms with Gasteiger partial charge in [-0.2, -0.15) is 9.40 Å². The molecular formula is C18H27N3O2S. The van der Waals surface area contributed by atoms with Gasteiger partial charge < -0.3 is 0 Å². The third-order valence-corrected chi connectivity index (χ3v) is 6.27. The first-order valence-electron chi connectivity index (χ1n) is 7.98. The highest BCUT2D eigenvalue weighted by Crippen LogP contribution is 2.30. The zero-order valence-electron chi connectivity index (χ0n) is 15.6. The average molecular weight is 350 g/mol. The first kappa shape index (κ1) is 18.7. The van der Waals surface area contributed by atoms with E-state index < -0.39 is 10.0 Å². The molecule has 24 heavy (non-hydrogen) atoms. The Labute approximate surface area is 145 Å². The number of rotatable bonds is 4. The number of hydrogen-bond donors (Lipinski definition) is 0. The molecule has 0 aliphatic heterocycles. The summed E-state index contributed by atoms with van der Waals surface area (Å²) in [5, 5.41) is 4.09. The van der Waals surface area contributed by atoms with E-state index in [0.717, 1.165) is 22.3 Å². The fourth-order valence-corrected chi connectivity index (χ4v) is 4.40. The highest BCUT2D eigenvalue weighted by Gasteiger charge is 2.27. The van der Waals surface area contributed by atoms with Crippen molar-refractivity contribution in [3.63, 3.8) is 0 Å². The van der Waals surface area contributed by atoms with Crippen molar-refractivity contribution in [2.24, 2.45) is 7.05 Å². The lowest BCUT2D eigenvalue weighted by Gasteiger charge is -2.24. The Bertz CT molecular complexity index is 822. The van der Waals surface area contributed by atoms with Crippen LogP contribution in [0.1, 0.15) is 43.0 Å². The normalized spacial score (nSPS) is 12.8. The van der Waals surface area contributed by atoms with Gasteiger partial charge in [-0.25, -0.2) is 8.42 Å². The molecule has 0 spiro atoms. The summed E-state index contributed by atoms with van der Waals surface area (Å²) in [7, 11) is -0.128. The van der Waals surface area contributed by atoms with Crippen molar-refractivity contribution in [3.05, 3.63) is 46.8 Å². The van der Waals surface area contributed by atoms with Crippen LogP contribution in [0.15, 0.2) is 29.4 Å². The van der Waals surface area contributed by atoms with Crippen molar-refractivity contribution < 1.29 is 8.42 Å². The van der Waals surface area contributed by atoms with E-state index in [9.17, 15) is 8.42 Å². The molecule has 0 N–H and O–H groups in total. The molecule has 1 heterocycles. The highest BCUT2D eigenvalue weighted by molar-refractivity contribution is 7.89. The Morgan fingerprint density at radius 3 is 2.12 bits per heavy atom. The van der Waals surface area contributed by atoms with Crippen molar-refractivity contribution in [2.75, 3.05) is 7.05 Å². The van der Waals surface area contributed by atoms with Gasteiger partial charge in [-0.3, -0.25) is 4.68 Å². The van der Waals surface area contributed by atoms with E-state index in [-0.39, 0.29) is 5.41 Å². The molecule has 0 saturated carbocycles. The second kappa shape index (κ2) is 6.33. The van der Waals surface area contributed by atoms with Crippen LogP contribution >= 0.6 is 0 Å². The second-order valence-corrected chi connectivity index (χ2v) is 9.45. The van der Waals surface area contributed by atoms with Crippen molar-refractivity contribution in [1.29, 1.82) is 0 Å². The summed E-state index contributed by atoms with van der Waals surface area (Å²) in [6, 6.07) is 3.97. The number of aryl methyl sites for hydroxylation is 3. The van der Waals surface area contributed by atoms with E-state index in [1.54, 1.807) is 17.9 Å². The molecule has 0 fully saturated rings. The van der Waals surface area contributed by atoms with Crippen molar-refractivity contribution in [3.8, 4) is 0 Å². The van der Waals surface area contributed by atoms with Gasteiger partial charge >= 0.3 is 0 Å². The zero-order chi connectivity index (χ0) is 18.3. The van der Waals surface area contributed by atoms with Crippen LogP contribution in [0.3, 0.4) is 0 Å². The molecule has 6 heteroatoms. The number of aromatic nitrogens is 2. The zero-order valence-corrected chi connectivity index (χ0v) is 16.4. The second-order valence-electron chi connectivity index (χ2n) is 7.47. The minimum atomic E-state index is -3.56.